The minimum Gasteiger partial charge on any atom is -0.480 e. The van der Waals surface area contributed by atoms with Crippen molar-refractivity contribution in [2.75, 3.05) is 13.2 Å². The number of rotatable bonds is 8. The lowest BCUT2D eigenvalue weighted by atomic mass is 9.96. The number of amides is 2. The Morgan fingerprint density at radius 1 is 1.09 bits per heavy atom. The maximum absolute atomic E-state index is 11.8. The highest BCUT2D eigenvalue weighted by Gasteiger charge is 2.23. The highest BCUT2D eigenvalue weighted by molar-refractivity contribution is 5.85. The van der Waals surface area contributed by atoms with E-state index in [9.17, 15) is 14.4 Å². The van der Waals surface area contributed by atoms with E-state index >= 15 is 0 Å². The van der Waals surface area contributed by atoms with Crippen LogP contribution in [0.3, 0.4) is 0 Å². The molecule has 0 saturated heterocycles. The van der Waals surface area contributed by atoms with Gasteiger partial charge in [0.15, 0.2) is 0 Å². The molecule has 0 bridgehead atoms. The van der Waals surface area contributed by atoms with E-state index < -0.39 is 23.3 Å². The van der Waals surface area contributed by atoms with Crippen LogP contribution in [0.25, 0.3) is 0 Å². The summed E-state index contributed by atoms with van der Waals surface area (Å²) < 4.78 is 5.47. The Morgan fingerprint density at radius 3 is 2.09 bits per heavy atom. The van der Waals surface area contributed by atoms with Crippen molar-refractivity contribution in [1.29, 1.82) is 0 Å². The Bertz CT molecular complexity index is 421. The summed E-state index contributed by atoms with van der Waals surface area (Å²) in [7, 11) is 0. The molecule has 3 N–H and O–H groups in total. The number of aliphatic carboxylic acids is 1. The van der Waals surface area contributed by atoms with Crippen molar-refractivity contribution < 1.29 is 24.2 Å². The highest BCUT2D eigenvalue weighted by atomic mass is 16.5. The van der Waals surface area contributed by atoms with Gasteiger partial charge in [0.2, 0.25) is 11.8 Å². The van der Waals surface area contributed by atoms with Gasteiger partial charge in [-0.05, 0) is 20.8 Å². The lowest BCUT2D eigenvalue weighted by Gasteiger charge is -2.21. The summed E-state index contributed by atoms with van der Waals surface area (Å²) in [5.74, 6) is -1.67. The summed E-state index contributed by atoms with van der Waals surface area (Å²) in [6, 6.07) is -0.997. The van der Waals surface area contributed by atoms with Crippen LogP contribution in [0, 0.1) is 5.41 Å². The monoisotopic (exact) mass is 330 g/mol. The van der Waals surface area contributed by atoms with Gasteiger partial charge < -0.3 is 20.5 Å². The van der Waals surface area contributed by atoms with E-state index in [1.165, 1.54) is 0 Å². The summed E-state index contributed by atoms with van der Waals surface area (Å²) in [6.07, 6.45) is 0.221. The zero-order chi connectivity index (χ0) is 18.3. The fraction of sp³-hybridized carbons (Fsp3) is 0.812. The van der Waals surface area contributed by atoms with Gasteiger partial charge in [-0.2, -0.15) is 0 Å². The summed E-state index contributed by atoms with van der Waals surface area (Å²) in [5, 5.41) is 14.2. The molecule has 0 saturated carbocycles. The van der Waals surface area contributed by atoms with Crippen LogP contribution in [0.2, 0.25) is 0 Å². The Labute approximate surface area is 138 Å². The normalized spacial score (nSPS) is 13.3. The number of nitrogens with one attached hydrogen (secondary N) is 2. The zero-order valence-electron chi connectivity index (χ0n) is 15.0. The fourth-order valence-corrected chi connectivity index (χ4v) is 1.56. The van der Waals surface area contributed by atoms with E-state index in [4.69, 9.17) is 9.84 Å². The van der Waals surface area contributed by atoms with Gasteiger partial charge in [0.1, 0.15) is 6.04 Å². The third kappa shape index (κ3) is 10.7. The molecule has 0 aromatic carbocycles. The Hall–Kier alpha value is -1.63. The largest absolute Gasteiger partial charge is 0.480 e. The van der Waals surface area contributed by atoms with Gasteiger partial charge in [0.25, 0.3) is 0 Å². The van der Waals surface area contributed by atoms with Crippen LogP contribution < -0.4 is 10.6 Å². The first-order valence-corrected chi connectivity index (χ1v) is 7.77. The van der Waals surface area contributed by atoms with E-state index in [2.05, 4.69) is 10.6 Å². The van der Waals surface area contributed by atoms with Crippen LogP contribution in [0.5, 0.6) is 0 Å². The smallest absolute Gasteiger partial charge is 0.326 e. The van der Waals surface area contributed by atoms with Crippen LogP contribution in [0.15, 0.2) is 0 Å². The molecule has 0 spiro atoms. The van der Waals surface area contributed by atoms with Crippen molar-refractivity contribution in [3.05, 3.63) is 0 Å². The number of carbonyl (C=O) groups is 3. The van der Waals surface area contributed by atoms with Gasteiger partial charge in [-0.15, -0.1) is 0 Å². The maximum atomic E-state index is 11.8. The van der Waals surface area contributed by atoms with Crippen LogP contribution in [0.4, 0.5) is 0 Å². The second-order valence-corrected chi connectivity index (χ2v) is 7.46. The molecule has 0 aromatic rings. The number of carbonyl (C=O) groups excluding carboxylic acids is 2. The Morgan fingerprint density at radius 2 is 1.65 bits per heavy atom. The van der Waals surface area contributed by atoms with Crippen molar-refractivity contribution in [1.82, 2.24) is 10.6 Å². The van der Waals surface area contributed by atoms with Crippen molar-refractivity contribution in [2.45, 2.75) is 66.0 Å². The minimum atomic E-state index is -1.10. The molecule has 2 amide bonds. The average molecular weight is 330 g/mol. The predicted molar refractivity (Wildman–Crippen MR) is 87.0 cm³/mol. The third-order valence-electron chi connectivity index (χ3n) is 2.89. The Kier molecular flexibility index (Phi) is 8.23. The molecule has 23 heavy (non-hydrogen) atoms. The second-order valence-electron chi connectivity index (χ2n) is 7.46. The molecule has 0 fully saturated rings. The fourth-order valence-electron chi connectivity index (χ4n) is 1.56. The summed E-state index contributed by atoms with van der Waals surface area (Å²) >= 11 is 0. The van der Waals surface area contributed by atoms with Gasteiger partial charge in [-0.1, -0.05) is 20.8 Å². The van der Waals surface area contributed by atoms with E-state index in [1.807, 2.05) is 20.8 Å². The first-order valence-electron chi connectivity index (χ1n) is 7.77. The molecule has 1 atom stereocenters. The maximum Gasteiger partial charge on any atom is 0.326 e. The molecule has 0 aliphatic carbocycles. The van der Waals surface area contributed by atoms with E-state index in [-0.39, 0.29) is 37.5 Å². The molecule has 1 unspecified atom stereocenters. The molecule has 0 aliphatic rings. The first-order chi connectivity index (χ1) is 10.3. The quantitative estimate of drug-likeness (QED) is 0.622. The van der Waals surface area contributed by atoms with E-state index in [1.54, 1.807) is 20.8 Å². The third-order valence-corrected chi connectivity index (χ3v) is 2.89. The SMILES string of the molecule is CC(C)(C)OCCC(NC(=O)CCNC(=O)C(C)(C)C)C(=O)O. The number of carboxylic acid groups (broad SMARTS) is 1. The van der Waals surface area contributed by atoms with Crippen molar-refractivity contribution in [3.8, 4) is 0 Å². The second kappa shape index (κ2) is 8.86. The summed E-state index contributed by atoms with van der Waals surface area (Å²) in [4.78, 5) is 34.6. The summed E-state index contributed by atoms with van der Waals surface area (Å²) in [6.45, 7) is 11.4. The van der Waals surface area contributed by atoms with Crippen molar-refractivity contribution >= 4 is 17.8 Å². The van der Waals surface area contributed by atoms with E-state index in [0.717, 1.165) is 0 Å². The number of ether oxygens (including phenoxy) is 1. The molecule has 0 rings (SSSR count). The Balaban J connectivity index is 4.21. The van der Waals surface area contributed by atoms with Crippen LogP contribution in [-0.2, 0) is 19.1 Å². The molecular formula is C16H30N2O5. The molecule has 0 aliphatic heterocycles. The van der Waals surface area contributed by atoms with Gasteiger partial charge in [-0.3, -0.25) is 9.59 Å². The molecule has 7 heteroatoms. The highest BCUT2D eigenvalue weighted by Crippen LogP contribution is 2.12. The lowest BCUT2D eigenvalue weighted by molar-refractivity contribution is -0.143. The molecule has 0 radical (unpaired) electrons. The van der Waals surface area contributed by atoms with E-state index in [0.29, 0.717) is 0 Å². The number of carboxylic acids is 1. The van der Waals surface area contributed by atoms with Gasteiger partial charge in [0, 0.05) is 31.4 Å². The van der Waals surface area contributed by atoms with Gasteiger partial charge >= 0.3 is 5.97 Å². The molecular weight excluding hydrogens is 300 g/mol. The molecule has 0 aromatic heterocycles. The zero-order valence-corrected chi connectivity index (χ0v) is 15.0. The predicted octanol–water partition coefficient (Wildman–Crippen LogP) is 1.31. The van der Waals surface area contributed by atoms with Crippen molar-refractivity contribution in [2.24, 2.45) is 5.41 Å². The average Bonchev–Trinajstić information content (AvgIpc) is 2.34. The van der Waals surface area contributed by atoms with Crippen LogP contribution in [-0.4, -0.2) is 47.7 Å². The van der Waals surface area contributed by atoms with Gasteiger partial charge in [-0.25, -0.2) is 4.79 Å². The molecule has 7 nitrogen and oxygen atoms in total. The minimum absolute atomic E-state index is 0.0335. The number of hydrogen-bond donors (Lipinski definition) is 3. The van der Waals surface area contributed by atoms with Crippen molar-refractivity contribution in [3.63, 3.8) is 0 Å². The van der Waals surface area contributed by atoms with Crippen LogP contribution >= 0.6 is 0 Å². The lowest BCUT2D eigenvalue weighted by Crippen LogP contribution is -2.43. The molecule has 0 heterocycles. The topological polar surface area (TPSA) is 105 Å². The molecule has 134 valence electrons. The standard InChI is InChI=1S/C16H30N2O5/c1-15(2,3)14(22)17-9-7-12(19)18-11(13(20)21)8-10-23-16(4,5)6/h11H,7-10H2,1-6H3,(H,17,22)(H,18,19)(H,20,21). The first kappa shape index (κ1) is 21.4. The number of hydrogen-bond acceptors (Lipinski definition) is 4. The summed E-state index contributed by atoms with van der Waals surface area (Å²) in [5.41, 5.74) is -0.880. The van der Waals surface area contributed by atoms with Gasteiger partial charge in [0.05, 0.1) is 5.60 Å². The van der Waals surface area contributed by atoms with Crippen LogP contribution in [0.1, 0.15) is 54.4 Å².